The Morgan fingerprint density at radius 2 is 2.23 bits per heavy atom. The van der Waals surface area contributed by atoms with Crippen LogP contribution >= 0.6 is 15.9 Å². The van der Waals surface area contributed by atoms with Crippen LogP contribution in [0, 0.1) is 5.82 Å². The monoisotopic (exact) mass is 247 g/mol. The van der Waals surface area contributed by atoms with E-state index in [0.717, 1.165) is 5.56 Å². The van der Waals surface area contributed by atoms with Crippen LogP contribution in [0.4, 0.5) is 4.39 Å². The molecule has 0 saturated carbocycles. The SMILES string of the molecule is NCC(CO)c1ccc(F)c(Br)c1. The van der Waals surface area contributed by atoms with Gasteiger partial charge in [-0.15, -0.1) is 0 Å². The average Bonchev–Trinajstić information content (AvgIpc) is 2.13. The zero-order valence-electron chi connectivity index (χ0n) is 7.00. The number of rotatable bonds is 3. The summed E-state index contributed by atoms with van der Waals surface area (Å²) in [4.78, 5) is 0. The van der Waals surface area contributed by atoms with E-state index in [-0.39, 0.29) is 18.3 Å². The molecule has 13 heavy (non-hydrogen) atoms. The third-order valence-electron chi connectivity index (χ3n) is 1.92. The third kappa shape index (κ3) is 2.49. The normalized spacial score (nSPS) is 12.9. The van der Waals surface area contributed by atoms with Gasteiger partial charge in [-0.05, 0) is 33.6 Å². The molecule has 0 aliphatic rings. The molecule has 1 aromatic carbocycles. The maximum absolute atomic E-state index is 12.8. The van der Waals surface area contributed by atoms with Crippen LogP contribution in [0.15, 0.2) is 22.7 Å². The van der Waals surface area contributed by atoms with E-state index in [1.165, 1.54) is 6.07 Å². The molecule has 0 fully saturated rings. The molecule has 1 aromatic rings. The Morgan fingerprint density at radius 1 is 1.54 bits per heavy atom. The highest BCUT2D eigenvalue weighted by molar-refractivity contribution is 9.10. The van der Waals surface area contributed by atoms with Crippen molar-refractivity contribution in [1.82, 2.24) is 0 Å². The predicted octanol–water partition coefficient (Wildman–Crippen LogP) is 1.62. The molecule has 0 heterocycles. The van der Waals surface area contributed by atoms with Gasteiger partial charge in [0, 0.05) is 12.5 Å². The van der Waals surface area contributed by atoms with Crippen molar-refractivity contribution in [3.05, 3.63) is 34.1 Å². The maximum Gasteiger partial charge on any atom is 0.137 e. The van der Waals surface area contributed by atoms with Crippen LogP contribution in [0.1, 0.15) is 11.5 Å². The smallest absolute Gasteiger partial charge is 0.137 e. The fourth-order valence-corrected chi connectivity index (χ4v) is 1.48. The zero-order valence-corrected chi connectivity index (χ0v) is 8.59. The van der Waals surface area contributed by atoms with Crippen molar-refractivity contribution in [3.8, 4) is 0 Å². The van der Waals surface area contributed by atoms with Gasteiger partial charge in [0.05, 0.1) is 11.1 Å². The van der Waals surface area contributed by atoms with Crippen molar-refractivity contribution in [2.75, 3.05) is 13.2 Å². The van der Waals surface area contributed by atoms with Gasteiger partial charge in [-0.1, -0.05) is 6.07 Å². The van der Waals surface area contributed by atoms with Crippen LogP contribution < -0.4 is 5.73 Å². The molecule has 72 valence electrons. The quantitative estimate of drug-likeness (QED) is 0.853. The van der Waals surface area contributed by atoms with Crippen LogP contribution in [0.25, 0.3) is 0 Å². The standard InChI is InChI=1S/C9H11BrFNO/c10-8-3-6(1-2-9(8)11)7(4-12)5-13/h1-3,7,13H,4-5,12H2. The fourth-order valence-electron chi connectivity index (χ4n) is 1.08. The van der Waals surface area contributed by atoms with Crippen molar-refractivity contribution >= 4 is 15.9 Å². The molecule has 0 radical (unpaired) electrons. The minimum absolute atomic E-state index is 0.0193. The van der Waals surface area contributed by atoms with Crippen molar-refractivity contribution < 1.29 is 9.50 Å². The molecular weight excluding hydrogens is 237 g/mol. The summed E-state index contributed by atoms with van der Waals surface area (Å²) in [6, 6.07) is 4.63. The number of nitrogens with two attached hydrogens (primary N) is 1. The largest absolute Gasteiger partial charge is 0.396 e. The highest BCUT2D eigenvalue weighted by Gasteiger charge is 2.09. The molecule has 0 saturated heterocycles. The second kappa shape index (κ2) is 4.69. The molecule has 1 rings (SSSR count). The van der Waals surface area contributed by atoms with E-state index >= 15 is 0 Å². The molecule has 0 bridgehead atoms. The van der Waals surface area contributed by atoms with E-state index in [1.807, 2.05) is 0 Å². The van der Waals surface area contributed by atoms with E-state index in [2.05, 4.69) is 15.9 Å². The Morgan fingerprint density at radius 3 is 2.69 bits per heavy atom. The number of benzene rings is 1. The van der Waals surface area contributed by atoms with Crippen LogP contribution in [-0.4, -0.2) is 18.3 Å². The van der Waals surface area contributed by atoms with Gasteiger partial charge in [-0.3, -0.25) is 0 Å². The topological polar surface area (TPSA) is 46.2 Å². The van der Waals surface area contributed by atoms with E-state index in [1.54, 1.807) is 12.1 Å². The van der Waals surface area contributed by atoms with Gasteiger partial charge in [0.25, 0.3) is 0 Å². The van der Waals surface area contributed by atoms with Gasteiger partial charge in [0.2, 0.25) is 0 Å². The van der Waals surface area contributed by atoms with Crippen molar-refractivity contribution in [2.45, 2.75) is 5.92 Å². The summed E-state index contributed by atoms with van der Waals surface area (Å²) in [6.07, 6.45) is 0. The molecule has 0 aromatic heterocycles. The molecule has 1 unspecified atom stereocenters. The van der Waals surface area contributed by atoms with Crippen LogP contribution in [0.5, 0.6) is 0 Å². The second-order valence-corrected chi connectivity index (χ2v) is 3.64. The zero-order chi connectivity index (χ0) is 9.84. The lowest BCUT2D eigenvalue weighted by Gasteiger charge is -2.11. The van der Waals surface area contributed by atoms with Crippen LogP contribution in [-0.2, 0) is 0 Å². The first-order valence-electron chi connectivity index (χ1n) is 3.95. The summed E-state index contributed by atoms with van der Waals surface area (Å²) >= 11 is 3.08. The molecule has 0 aliphatic heterocycles. The average molecular weight is 248 g/mol. The number of hydrogen-bond donors (Lipinski definition) is 2. The minimum Gasteiger partial charge on any atom is -0.396 e. The van der Waals surface area contributed by atoms with Gasteiger partial charge in [0.1, 0.15) is 5.82 Å². The molecule has 2 nitrogen and oxygen atoms in total. The summed E-state index contributed by atoms with van der Waals surface area (Å²) in [5, 5.41) is 8.95. The molecule has 4 heteroatoms. The number of aliphatic hydroxyl groups is 1. The van der Waals surface area contributed by atoms with Crippen molar-refractivity contribution in [3.63, 3.8) is 0 Å². The fraction of sp³-hybridized carbons (Fsp3) is 0.333. The first-order valence-corrected chi connectivity index (χ1v) is 4.74. The summed E-state index contributed by atoms with van der Waals surface area (Å²) in [7, 11) is 0. The molecule has 0 amide bonds. The van der Waals surface area contributed by atoms with E-state index in [4.69, 9.17) is 10.8 Å². The van der Waals surface area contributed by atoms with Gasteiger partial charge >= 0.3 is 0 Å². The van der Waals surface area contributed by atoms with Gasteiger partial charge in [-0.2, -0.15) is 0 Å². The van der Waals surface area contributed by atoms with Gasteiger partial charge in [-0.25, -0.2) is 4.39 Å². The molecule has 0 spiro atoms. The van der Waals surface area contributed by atoms with Crippen molar-refractivity contribution in [1.29, 1.82) is 0 Å². The van der Waals surface area contributed by atoms with E-state index in [0.29, 0.717) is 11.0 Å². The van der Waals surface area contributed by atoms with Crippen LogP contribution in [0.2, 0.25) is 0 Å². The first kappa shape index (κ1) is 10.6. The van der Waals surface area contributed by atoms with Gasteiger partial charge < -0.3 is 10.8 Å². The Hall–Kier alpha value is -0.450. The lowest BCUT2D eigenvalue weighted by atomic mass is 10.0. The van der Waals surface area contributed by atoms with E-state index < -0.39 is 0 Å². The van der Waals surface area contributed by atoms with Gasteiger partial charge in [0.15, 0.2) is 0 Å². The Labute approximate surface area is 84.7 Å². The summed E-state index contributed by atoms with van der Waals surface area (Å²) in [5.74, 6) is -0.422. The Balaban J connectivity index is 2.95. The van der Waals surface area contributed by atoms with Crippen LogP contribution in [0.3, 0.4) is 0 Å². The number of aliphatic hydroxyl groups excluding tert-OH is 1. The van der Waals surface area contributed by atoms with Crippen molar-refractivity contribution in [2.24, 2.45) is 5.73 Å². The highest BCUT2D eigenvalue weighted by atomic mass is 79.9. The lowest BCUT2D eigenvalue weighted by Crippen LogP contribution is -2.16. The highest BCUT2D eigenvalue weighted by Crippen LogP contribution is 2.21. The molecule has 1 atom stereocenters. The lowest BCUT2D eigenvalue weighted by molar-refractivity contribution is 0.267. The summed E-state index contributed by atoms with van der Waals surface area (Å²) in [5.41, 5.74) is 6.28. The second-order valence-electron chi connectivity index (χ2n) is 2.79. The molecular formula is C9H11BrFNO. The summed E-state index contributed by atoms with van der Waals surface area (Å²) < 4.78 is 13.2. The summed E-state index contributed by atoms with van der Waals surface area (Å²) in [6.45, 7) is 0.336. The minimum atomic E-state index is -0.308. The molecule has 3 N–H and O–H groups in total. The Bertz CT molecular complexity index is 289. The number of hydrogen-bond acceptors (Lipinski definition) is 2. The molecule has 0 aliphatic carbocycles. The third-order valence-corrected chi connectivity index (χ3v) is 2.53. The maximum atomic E-state index is 12.8. The first-order chi connectivity index (χ1) is 6.19. The van der Waals surface area contributed by atoms with E-state index in [9.17, 15) is 4.39 Å². The predicted molar refractivity (Wildman–Crippen MR) is 53.0 cm³/mol. The number of halogens is 2. The Kier molecular flexibility index (Phi) is 3.84.